The molecule has 0 spiro atoms. The summed E-state index contributed by atoms with van der Waals surface area (Å²) in [5.74, 6) is -0.875. The SMILES string of the molecule is CCNC(=O)[C@@H](Cc1ccccc1)N(Cc1ccc(Cl)cc1)C(=O)CN(c1ccccc1C)S(=O)(=O)c1ccc(Cl)cc1. The molecule has 0 heterocycles. The Morgan fingerprint density at radius 1 is 0.791 bits per heavy atom. The van der Waals surface area contributed by atoms with Crippen molar-refractivity contribution in [2.24, 2.45) is 0 Å². The molecule has 10 heteroatoms. The lowest BCUT2D eigenvalue weighted by Gasteiger charge is -2.34. The molecule has 0 aliphatic rings. The Balaban J connectivity index is 1.80. The van der Waals surface area contributed by atoms with Crippen LogP contribution in [0.1, 0.15) is 23.6 Å². The fraction of sp³-hybridized carbons (Fsp3) is 0.212. The highest BCUT2D eigenvalue weighted by molar-refractivity contribution is 7.92. The summed E-state index contributed by atoms with van der Waals surface area (Å²) in [6.07, 6.45) is 0.236. The molecule has 0 radical (unpaired) electrons. The Kier molecular flexibility index (Phi) is 10.9. The zero-order valence-corrected chi connectivity index (χ0v) is 26.2. The van der Waals surface area contributed by atoms with Gasteiger partial charge >= 0.3 is 0 Å². The van der Waals surface area contributed by atoms with E-state index in [1.165, 1.54) is 29.2 Å². The van der Waals surface area contributed by atoms with E-state index in [0.29, 0.717) is 27.8 Å². The standard InChI is InChI=1S/C33H33Cl2N3O4S/c1-3-36-33(40)31(21-25-10-5-4-6-11-25)37(22-26-13-15-27(34)16-14-26)32(39)23-38(30-12-8-7-9-24(30)2)43(41,42)29-19-17-28(35)18-20-29/h4-20,31H,3,21-23H2,1-2H3,(H,36,40)/t31-/m1/s1. The number of carbonyl (C=O) groups is 2. The number of hydrogen-bond acceptors (Lipinski definition) is 4. The molecule has 0 aromatic heterocycles. The number of hydrogen-bond donors (Lipinski definition) is 1. The van der Waals surface area contributed by atoms with Crippen LogP contribution in [0.2, 0.25) is 10.0 Å². The lowest BCUT2D eigenvalue weighted by Crippen LogP contribution is -2.53. The van der Waals surface area contributed by atoms with Crippen molar-refractivity contribution in [2.45, 2.75) is 37.8 Å². The molecule has 4 aromatic carbocycles. The lowest BCUT2D eigenvalue weighted by molar-refractivity contribution is -0.140. The summed E-state index contributed by atoms with van der Waals surface area (Å²) in [7, 11) is -4.21. The van der Waals surface area contributed by atoms with Gasteiger partial charge in [0.15, 0.2) is 0 Å². The van der Waals surface area contributed by atoms with Gasteiger partial charge in [0.05, 0.1) is 10.6 Å². The molecular formula is C33H33Cl2N3O4S. The lowest BCUT2D eigenvalue weighted by atomic mass is 10.0. The third-order valence-corrected chi connectivity index (χ3v) is 9.23. The molecule has 2 amide bonds. The minimum atomic E-state index is -4.21. The number of aryl methyl sites for hydroxylation is 1. The third-order valence-electron chi connectivity index (χ3n) is 6.95. The first-order valence-electron chi connectivity index (χ1n) is 13.8. The van der Waals surface area contributed by atoms with E-state index in [0.717, 1.165) is 15.4 Å². The maximum Gasteiger partial charge on any atom is 0.264 e. The number of nitrogens with one attached hydrogen (secondary N) is 1. The first-order valence-corrected chi connectivity index (χ1v) is 16.0. The van der Waals surface area contributed by atoms with Crippen molar-refractivity contribution in [3.05, 3.63) is 130 Å². The van der Waals surface area contributed by atoms with Crippen LogP contribution in [-0.2, 0) is 32.6 Å². The largest absolute Gasteiger partial charge is 0.355 e. The van der Waals surface area contributed by atoms with Crippen LogP contribution in [-0.4, -0.2) is 44.3 Å². The number of benzene rings is 4. The molecule has 1 atom stereocenters. The zero-order valence-electron chi connectivity index (χ0n) is 23.9. The van der Waals surface area contributed by atoms with E-state index in [9.17, 15) is 18.0 Å². The summed E-state index contributed by atoms with van der Waals surface area (Å²) in [5.41, 5.74) is 2.62. The molecule has 224 valence electrons. The Morgan fingerprint density at radius 3 is 1.98 bits per heavy atom. The summed E-state index contributed by atoms with van der Waals surface area (Å²) in [4.78, 5) is 29.3. The van der Waals surface area contributed by atoms with E-state index in [-0.39, 0.29) is 23.8 Å². The summed E-state index contributed by atoms with van der Waals surface area (Å²) >= 11 is 12.2. The highest BCUT2D eigenvalue weighted by Gasteiger charge is 2.34. The van der Waals surface area contributed by atoms with E-state index in [1.807, 2.05) is 30.3 Å². The molecule has 7 nitrogen and oxygen atoms in total. The van der Waals surface area contributed by atoms with Crippen LogP contribution in [0, 0.1) is 6.92 Å². The van der Waals surface area contributed by atoms with Crippen molar-refractivity contribution < 1.29 is 18.0 Å². The number of likely N-dealkylation sites (N-methyl/N-ethyl adjacent to an activating group) is 1. The highest BCUT2D eigenvalue weighted by atomic mass is 35.5. The minimum Gasteiger partial charge on any atom is -0.355 e. The van der Waals surface area contributed by atoms with Gasteiger partial charge in [0.1, 0.15) is 12.6 Å². The van der Waals surface area contributed by atoms with Gasteiger partial charge in [0, 0.05) is 29.6 Å². The number of halogens is 2. The smallest absolute Gasteiger partial charge is 0.264 e. The van der Waals surface area contributed by atoms with Gasteiger partial charge in [0.2, 0.25) is 11.8 Å². The number of nitrogens with zero attached hydrogens (tertiary/aromatic N) is 2. The maximum absolute atomic E-state index is 14.4. The molecule has 4 aromatic rings. The van der Waals surface area contributed by atoms with Crippen LogP contribution in [0.4, 0.5) is 5.69 Å². The van der Waals surface area contributed by atoms with Crippen LogP contribution >= 0.6 is 23.2 Å². The maximum atomic E-state index is 14.4. The number of anilines is 1. The Hall–Kier alpha value is -3.85. The fourth-order valence-corrected chi connectivity index (χ4v) is 6.45. The highest BCUT2D eigenvalue weighted by Crippen LogP contribution is 2.28. The number of rotatable bonds is 12. The Morgan fingerprint density at radius 2 is 1.37 bits per heavy atom. The molecule has 4 rings (SSSR count). The molecule has 1 N–H and O–H groups in total. The quantitative estimate of drug-likeness (QED) is 0.198. The van der Waals surface area contributed by atoms with Gasteiger partial charge < -0.3 is 10.2 Å². The topological polar surface area (TPSA) is 86.8 Å². The van der Waals surface area contributed by atoms with Crippen LogP contribution < -0.4 is 9.62 Å². The van der Waals surface area contributed by atoms with Crippen LogP contribution in [0.5, 0.6) is 0 Å². The van der Waals surface area contributed by atoms with Gasteiger partial charge in [-0.3, -0.25) is 13.9 Å². The number of amides is 2. The molecule has 0 fully saturated rings. The Labute approximate surface area is 263 Å². The molecule has 0 saturated carbocycles. The van der Waals surface area contributed by atoms with Gasteiger partial charge in [-0.1, -0.05) is 83.9 Å². The van der Waals surface area contributed by atoms with Gasteiger partial charge in [0.25, 0.3) is 10.0 Å². The number of carbonyl (C=O) groups excluding carboxylic acids is 2. The first kappa shape index (κ1) is 32.1. The fourth-order valence-electron chi connectivity index (χ4n) is 4.72. The normalized spacial score (nSPS) is 11.9. The molecule has 43 heavy (non-hydrogen) atoms. The summed E-state index contributed by atoms with van der Waals surface area (Å²) in [6, 6.07) is 28.2. The van der Waals surface area contributed by atoms with Gasteiger partial charge in [-0.15, -0.1) is 0 Å². The van der Waals surface area contributed by atoms with Crippen LogP contribution in [0.3, 0.4) is 0 Å². The van der Waals surface area contributed by atoms with Crippen molar-refractivity contribution in [1.29, 1.82) is 0 Å². The van der Waals surface area contributed by atoms with Crippen LogP contribution in [0.15, 0.2) is 108 Å². The predicted octanol–water partition coefficient (Wildman–Crippen LogP) is 6.27. The average Bonchev–Trinajstić information content (AvgIpc) is 3.00. The molecule has 0 aliphatic heterocycles. The third kappa shape index (κ3) is 8.16. The second kappa shape index (κ2) is 14.6. The minimum absolute atomic E-state index is 0.0123. The zero-order chi connectivity index (χ0) is 31.0. The molecule has 0 saturated heterocycles. The van der Waals surface area contributed by atoms with Gasteiger partial charge in [-0.25, -0.2) is 8.42 Å². The van der Waals surface area contributed by atoms with E-state index in [2.05, 4.69) is 5.32 Å². The van der Waals surface area contributed by atoms with Crippen LogP contribution in [0.25, 0.3) is 0 Å². The number of para-hydroxylation sites is 1. The summed E-state index contributed by atoms with van der Waals surface area (Å²) in [6.45, 7) is 3.48. The predicted molar refractivity (Wildman–Crippen MR) is 172 cm³/mol. The molecule has 0 bridgehead atoms. The van der Waals surface area contributed by atoms with Crippen molar-refractivity contribution >= 4 is 50.7 Å². The number of sulfonamides is 1. The first-order chi connectivity index (χ1) is 20.6. The van der Waals surface area contributed by atoms with E-state index >= 15 is 0 Å². The average molecular weight is 639 g/mol. The molecular weight excluding hydrogens is 605 g/mol. The second-order valence-corrected chi connectivity index (χ2v) is 12.7. The molecule has 0 unspecified atom stereocenters. The Bertz CT molecular complexity index is 1650. The van der Waals surface area contributed by atoms with Crippen molar-refractivity contribution in [3.8, 4) is 0 Å². The summed E-state index contributed by atoms with van der Waals surface area (Å²) in [5, 5.41) is 3.77. The van der Waals surface area contributed by atoms with Crippen molar-refractivity contribution in [1.82, 2.24) is 10.2 Å². The van der Waals surface area contributed by atoms with Crippen molar-refractivity contribution in [2.75, 3.05) is 17.4 Å². The van der Waals surface area contributed by atoms with E-state index in [1.54, 1.807) is 62.4 Å². The summed E-state index contributed by atoms with van der Waals surface area (Å²) < 4.78 is 29.2. The van der Waals surface area contributed by atoms with E-state index < -0.39 is 28.5 Å². The molecule has 0 aliphatic carbocycles. The van der Waals surface area contributed by atoms with Crippen molar-refractivity contribution in [3.63, 3.8) is 0 Å². The van der Waals surface area contributed by atoms with Gasteiger partial charge in [-0.05, 0) is 73.0 Å². The van der Waals surface area contributed by atoms with E-state index in [4.69, 9.17) is 23.2 Å². The second-order valence-electron chi connectivity index (χ2n) is 10.0. The van der Waals surface area contributed by atoms with Gasteiger partial charge in [-0.2, -0.15) is 0 Å². The monoisotopic (exact) mass is 637 g/mol.